The molecule has 0 fully saturated rings. The Bertz CT molecular complexity index is 210. The average molecular weight is 203 g/mol. The van der Waals surface area contributed by atoms with Crippen LogP contribution in [0.3, 0.4) is 0 Å². The molecule has 10 heavy (non-hydrogen) atoms. The Morgan fingerprint density at radius 3 is 2.10 bits per heavy atom. The molecule has 0 bridgehead atoms. The molecule has 0 spiro atoms. The van der Waals surface area contributed by atoms with Crippen molar-refractivity contribution in [2.45, 2.75) is 18.7 Å². The van der Waals surface area contributed by atoms with Crippen molar-refractivity contribution in [1.29, 1.82) is 0 Å². The molecule has 0 unspecified atom stereocenters. The summed E-state index contributed by atoms with van der Waals surface area (Å²) in [5.41, 5.74) is 1.55. The number of alkyl halides is 1. The summed E-state index contributed by atoms with van der Waals surface area (Å²) >= 11 is 3.33. The van der Waals surface area contributed by atoms with Gasteiger partial charge in [0.15, 0.2) is 0 Å². The summed E-state index contributed by atoms with van der Waals surface area (Å²) < 4.78 is 0. The van der Waals surface area contributed by atoms with Crippen molar-refractivity contribution < 1.29 is 4.79 Å². The zero-order chi connectivity index (χ0) is 7.72. The topological polar surface area (TPSA) is 41.8 Å². The van der Waals surface area contributed by atoms with Crippen LogP contribution in [0.5, 0.6) is 0 Å². The van der Waals surface area contributed by atoms with E-state index in [1.165, 1.54) is 0 Å². The molecule has 3 nitrogen and oxygen atoms in total. The van der Waals surface area contributed by atoms with E-state index in [1.54, 1.807) is 13.8 Å². The van der Waals surface area contributed by atoms with Gasteiger partial charge in [0.1, 0.15) is 0 Å². The molecule has 1 rings (SSSR count). The van der Waals surface area contributed by atoms with Crippen LogP contribution in [-0.4, -0.2) is 22.3 Å². The van der Waals surface area contributed by atoms with Gasteiger partial charge in [-0.2, -0.15) is 9.98 Å². The van der Waals surface area contributed by atoms with Gasteiger partial charge in [-0.15, -0.1) is 0 Å². The summed E-state index contributed by atoms with van der Waals surface area (Å²) in [7, 11) is 0. The van der Waals surface area contributed by atoms with Crippen LogP contribution in [0, 0.1) is 0 Å². The van der Waals surface area contributed by atoms with E-state index in [1.807, 2.05) is 0 Å². The number of aliphatic imine (C=N–C) groups is 2. The monoisotopic (exact) mass is 202 g/mol. The van der Waals surface area contributed by atoms with E-state index in [9.17, 15) is 4.79 Å². The van der Waals surface area contributed by atoms with Crippen molar-refractivity contribution >= 4 is 33.4 Å². The van der Waals surface area contributed by atoms with Crippen molar-refractivity contribution in [3.8, 4) is 0 Å². The molecule has 54 valence electrons. The largest absolute Gasteiger partial charge is 0.366 e. The molecule has 1 heterocycles. The summed E-state index contributed by atoms with van der Waals surface area (Å²) in [6.45, 7) is 3.60. The molecule has 0 aromatic carbocycles. The van der Waals surface area contributed by atoms with E-state index in [4.69, 9.17) is 0 Å². The quantitative estimate of drug-likeness (QED) is 0.553. The first kappa shape index (κ1) is 7.60. The van der Waals surface area contributed by atoms with Crippen LogP contribution in [0.1, 0.15) is 13.8 Å². The summed E-state index contributed by atoms with van der Waals surface area (Å²) in [6, 6.07) is -0.398. The van der Waals surface area contributed by atoms with Gasteiger partial charge in [-0.05, 0) is 13.8 Å². The van der Waals surface area contributed by atoms with Crippen molar-refractivity contribution in [3.63, 3.8) is 0 Å². The standard InChI is InChI=1S/C6H7BrN2O/c1-3-5(7)4(2)9-6(10)8-3/h5H,1-2H3. The first-order valence-electron chi connectivity index (χ1n) is 2.89. The van der Waals surface area contributed by atoms with Gasteiger partial charge in [0.25, 0.3) is 0 Å². The van der Waals surface area contributed by atoms with Crippen molar-refractivity contribution in [2.24, 2.45) is 9.98 Å². The molecule has 0 aromatic rings. The highest BCUT2D eigenvalue weighted by molar-refractivity contribution is 9.10. The van der Waals surface area contributed by atoms with Gasteiger partial charge in [-0.1, -0.05) is 15.9 Å². The summed E-state index contributed by atoms with van der Waals surface area (Å²) in [5, 5.41) is 0. The molecule has 0 saturated heterocycles. The lowest BCUT2D eigenvalue weighted by Crippen LogP contribution is -2.24. The lowest BCUT2D eigenvalue weighted by molar-refractivity contribution is 0.257. The second-order valence-corrected chi connectivity index (χ2v) is 3.07. The number of hydrogen-bond acceptors (Lipinski definition) is 1. The highest BCUT2D eigenvalue weighted by atomic mass is 79.9. The zero-order valence-corrected chi connectivity index (χ0v) is 7.34. The van der Waals surface area contributed by atoms with Gasteiger partial charge >= 0.3 is 6.03 Å². The number of hydrogen-bond donors (Lipinski definition) is 0. The molecule has 1 aliphatic heterocycles. The van der Waals surface area contributed by atoms with E-state index in [0.717, 1.165) is 11.4 Å². The first-order chi connectivity index (χ1) is 4.61. The maximum absolute atomic E-state index is 10.6. The van der Waals surface area contributed by atoms with E-state index < -0.39 is 6.03 Å². The SMILES string of the molecule is CC1=NC(=O)N=C(C)C1Br. The van der Waals surface area contributed by atoms with Crippen molar-refractivity contribution in [1.82, 2.24) is 0 Å². The van der Waals surface area contributed by atoms with E-state index in [2.05, 4.69) is 25.9 Å². The maximum Gasteiger partial charge on any atom is 0.366 e. The fourth-order valence-electron chi connectivity index (χ4n) is 0.742. The number of halogens is 1. The smallest absolute Gasteiger partial charge is 0.244 e. The predicted octanol–water partition coefficient (Wildman–Crippen LogP) is 1.81. The predicted molar refractivity (Wildman–Crippen MR) is 44.3 cm³/mol. The number of amides is 2. The lowest BCUT2D eigenvalue weighted by Gasteiger charge is -2.11. The lowest BCUT2D eigenvalue weighted by atomic mass is 10.2. The number of nitrogens with zero attached hydrogens (tertiary/aromatic N) is 2. The highest BCUT2D eigenvalue weighted by Gasteiger charge is 2.17. The molecule has 0 N–H and O–H groups in total. The van der Waals surface area contributed by atoms with Crippen LogP contribution in [-0.2, 0) is 0 Å². The van der Waals surface area contributed by atoms with E-state index in [0.29, 0.717) is 0 Å². The second-order valence-electron chi connectivity index (χ2n) is 2.15. The Hall–Kier alpha value is -0.510. The number of carbonyl (C=O) groups is 1. The summed E-state index contributed by atoms with van der Waals surface area (Å²) in [4.78, 5) is 18.0. The number of urea groups is 1. The molecular formula is C6H7BrN2O. The first-order valence-corrected chi connectivity index (χ1v) is 3.81. The zero-order valence-electron chi connectivity index (χ0n) is 5.76. The third-order valence-electron chi connectivity index (χ3n) is 1.28. The van der Waals surface area contributed by atoms with Gasteiger partial charge in [-0.25, -0.2) is 4.79 Å². The van der Waals surface area contributed by atoms with Crippen molar-refractivity contribution in [3.05, 3.63) is 0 Å². The molecule has 4 heteroatoms. The minimum Gasteiger partial charge on any atom is -0.244 e. The van der Waals surface area contributed by atoms with Gasteiger partial charge in [-0.3, -0.25) is 0 Å². The highest BCUT2D eigenvalue weighted by Crippen LogP contribution is 2.10. The molecule has 0 radical (unpaired) electrons. The Morgan fingerprint density at radius 2 is 1.70 bits per heavy atom. The van der Waals surface area contributed by atoms with Gasteiger partial charge in [0.2, 0.25) is 0 Å². The Labute approximate surface area is 67.4 Å². The van der Waals surface area contributed by atoms with Gasteiger partial charge < -0.3 is 0 Å². The molecular weight excluding hydrogens is 196 g/mol. The summed E-state index contributed by atoms with van der Waals surface area (Å²) in [5.74, 6) is 0. The fourth-order valence-corrected chi connectivity index (χ4v) is 0.947. The molecule has 1 aliphatic rings. The molecule has 0 atom stereocenters. The third kappa shape index (κ3) is 1.31. The Kier molecular flexibility index (Phi) is 1.99. The maximum atomic E-state index is 10.6. The van der Waals surface area contributed by atoms with Crippen LogP contribution in [0.4, 0.5) is 4.79 Å². The van der Waals surface area contributed by atoms with Crippen LogP contribution in [0.2, 0.25) is 0 Å². The normalized spacial score (nSPS) is 20.5. The Balaban J connectivity index is 2.93. The number of rotatable bonds is 0. The molecule has 0 aliphatic carbocycles. The van der Waals surface area contributed by atoms with Crippen LogP contribution < -0.4 is 0 Å². The second kappa shape index (κ2) is 2.62. The van der Waals surface area contributed by atoms with Crippen LogP contribution in [0.25, 0.3) is 0 Å². The van der Waals surface area contributed by atoms with Crippen LogP contribution >= 0.6 is 15.9 Å². The van der Waals surface area contributed by atoms with E-state index >= 15 is 0 Å². The molecule has 2 amide bonds. The minimum atomic E-state index is -0.398. The van der Waals surface area contributed by atoms with E-state index in [-0.39, 0.29) is 4.83 Å². The molecule has 0 saturated carbocycles. The molecule has 0 aromatic heterocycles. The van der Waals surface area contributed by atoms with Gasteiger partial charge in [0.05, 0.1) is 4.83 Å². The summed E-state index contributed by atoms with van der Waals surface area (Å²) in [6.07, 6.45) is 0. The third-order valence-corrected chi connectivity index (χ3v) is 2.60. The van der Waals surface area contributed by atoms with Crippen LogP contribution in [0.15, 0.2) is 9.98 Å². The number of carbonyl (C=O) groups excluding carboxylic acids is 1. The average Bonchev–Trinajstić information content (AvgIpc) is 1.82. The van der Waals surface area contributed by atoms with Gasteiger partial charge in [0, 0.05) is 11.4 Å². The minimum absolute atomic E-state index is 0.0465. The fraction of sp³-hybridized carbons (Fsp3) is 0.500. The van der Waals surface area contributed by atoms with Crippen molar-refractivity contribution in [2.75, 3.05) is 0 Å². The Morgan fingerprint density at radius 1 is 1.30 bits per heavy atom.